The fraction of sp³-hybridized carbons (Fsp3) is 0.875. The molecule has 0 radical (unpaired) electrons. The number of ketones is 1. The zero-order chi connectivity index (χ0) is 8.20. The molecule has 0 heterocycles. The molecule has 1 nitrogen and oxygen atoms in total. The van der Waals surface area contributed by atoms with Crippen molar-refractivity contribution in [2.45, 2.75) is 33.6 Å². The Hall–Kier alpha value is -0.400. The van der Waals surface area contributed by atoms with Crippen molar-refractivity contribution in [3.05, 3.63) is 0 Å². The maximum atomic E-state index is 11.9. The van der Waals surface area contributed by atoms with Crippen molar-refractivity contribution in [2.24, 2.45) is 5.41 Å². The molecule has 1 aliphatic rings. The molecular weight excluding hydrogens is 131 g/mol. The van der Waals surface area contributed by atoms with Gasteiger partial charge in [-0.3, -0.25) is 9.18 Å². The van der Waals surface area contributed by atoms with Gasteiger partial charge in [-0.05, 0) is 19.8 Å². The predicted molar refractivity (Wildman–Crippen MR) is 39.7 cm³/mol. The predicted octanol–water partition coefficient (Wildman–Crippen LogP) is 2.35. The van der Waals surface area contributed by atoms with E-state index in [1.807, 2.05) is 13.8 Å². The molecule has 0 aromatic rings. The Bertz CT molecular complexity index is 116. The lowest BCUT2D eigenvalue weighted by Crippen LogP contribution is -2.13. The molecule has 0 aliphatic heterocycles. The second-order valence-electron chi connectivity index (χ2n) is 2.47. The van der Waals surface area contributed by atoms with Crippen LogP contribution in [-0.2, 0) is 4.79 Å². The van der Waals surface area contributed by atoms with Gasteiger partial charge < -0.3 is 0 Å². The third-order valence-electron chi connectivity index (χ3n) is 1.86. The van der Waals surface area contributed by atoms with Gasteiger partial charge in [-0.2, -0.15) is 0 Å². The Morgan fingerprint density at radius 1 is 1.50 bits per heavy atom. The first-order chi connectivity index (χ1) is 4.71. The van der Waals surface area contributed by atoms with Crippen molar-refractivity contribution in [3.63, 3.8) is 0 Å². The molecule has 1 rings (SSSR count). The lowest BCUT2D eigenvalue weighted by molar-refractivity contribution is -0.122. The van der Waals surface area contributed by atoms with Crippen LogP contribution in [0.15, 0.2) is 0 Å². The van der Waals surface area contributed by atoms with Crippen LogP contribution >= 0.6 is 0 Å². The summed E-state index contributed by atoms with van der Waals surface area (Å²) in [5.74, 6) is 0.0139. The molecule has 0 spiro atoms. The lowest BCUT2D eigenvalue weighted by atomic mass is 10.1. The van der Waals surface area contributed by atoms with Gasteiger partial charge in [0, 0.05) is 0 Å². The van der Waals surface area contributed by atoms with E-state index in [0.29, 0.717) is 0 Å². The van der Waals surface area contributed by atoms with E-state index >= 15 is 0 Å². The number of halogens is 1. The fourth-order valence-corrected chi connectivity index (χ4v) is 0.731. The van der Waals surface area contributed by atoms with E-state index in [-0.39, 0.29) is 5.78 Å². The van der Waals surface area contributed by atoms with Crippen molar-refractivity contribution < 1.29 is 9.18 Å². The van der Waals surface area contributed by atoms with E-state index < -0.39 is 12.1 Å². The average Bonchev–Trinajstić information content (AvgIpc) is 2.71. The summed E-state index contributed by atoms with van der Waals surface area (Å²) < 4.78 is 11.9. The van der Waals surface area contributed by atoms with Crippen LogP contribution in [-0.4, -0.2) is 12.5 Å². The molecule has 0 saturated heterocycles. The highest BCUT2D eigenvalue weighted by atomic mass is 19.1. The average molecular weight is 146 g/mol. The van der Waals surface area contributed by atoms with Gasteiger partial charge in [-0.25, -0.2) is 0 Å². The first-order valence-electron chi connectivity index (χ1n) is 3.78. The molecule has 1 aliphatic carbocycles. The monoisotopic (exact) mass is 146 g/mol. The van der Waals surface area contributed by atoms with Crippen LogP contribution in [0, 0.1) is 5.41 Å². The van der Waals surface area contributed by atoms with E-state index in [4.69, 9.17) is 0 Å². The Labute approximate surface area is 61.6 Å². The summed E-state index contributed by atoms with van der Waals surface area (Å²) in [6, 6.07) is 0. The van der Waals surface area contributed by atoms with Gasteiger partial charge in [-0.1, -0.05) is 13.8 Å². The highest BCUT2D eigenvalue weighted by Gasteiger charge is 2.47. The molecular formula is C8H15FO. The van der Waals surface area contributed by atoms with Crippen molar-refractivity contribution in [2.75, 3.05) is 6.67 Å². The van der Waals surface area contributed by atoms with Crippen LogP contribution in [0.4, 0.5) is 4.39 Å². The number of hydrogen-bond acceptors (Lipinski definition) is 1. The lowest BCUT2D eigenvalue weighted by Gasteiger charge is -2.01. The summed E-state index contributed by atoms with van der Waals surface area (Å²) in [5.41, 5.74) is -0.514. The standard InChI is InChI=1S/C6H9FO.C2H6/c1-5(8)6(4-7)2-3-6;1-2/h2-4H2,1H3;1-2H3. The number of carbonyl (C=O) groups excluding carboxylic acids is 1. The van der Waals surface area contributed by atoms with Gasteiger partial charge in [0.2, 0.25) is 0 Å². The minimum Gasteiger partial charge on any atom is -0.299 e. The number of rotatable bonds is 2. The van der Waals surface area contributed by atoms with Crippen LogP contribution in [0.2, 0.25) is 0 Å². The Kier molecular flexibility index (Phi) is 3.54. The molecule has 60 valence electrons. The first kappa shape index (κ1) is 9.60. The smallest absolute Gasteiger partial charge is 0.138 e. The van der Waals surface area contributed by atoms with Crippen LogP contribution in [0.5, 0.6) is 0 Å². The van der Waals surface area contributed by atoms with Gasteiger partial charge in [-0.15, -0.1) is 0 Å². The first-order valence-corrected chi connectivity index (χ1v) is 3.78. The summed E-state index contributed by atoms with van der Waals surface area (Å²) in [6.45, 7) is 5.01. The van der Waals surface area contributed by atoms with Crippen LogP contribution < -0.4 is 0 Å². The molecule has 1 fully saturated rings. The summed E-state index contributed by atoms with van der Waals surface area (Å²) in [6.07, 6.45) is 1.53. The van der Waals surface area contributed by atoms with Crippen molar-refractivity contribution >= 4 is 5.78 Å². The number of Topliss-reactive ketones (excluding diaryl/α,β-unsaturated/α-hetero) is 1. The Morgan fingerprint density at radius 2 is 1.90 bits per heavy atom. The van der Waals surface area contributed by atoms with Crippen LogP contribution in [0.3, 0.4) is 0 Å². The summed E-state index contributed by atoms with van der Waals surface area (Å²) in [7, 11) is 0. The molecule has 0 N–H and O–H groups in total. The topological polar surface area (TPSA) is 17.1 Å². The molecule has 0 atom stereocenters. The second-order valence-corrected chi connectivity index (χ2v) is 2.47. The normalized spacial score (nSPS) is 18.8. The summed E-state index contributed by atoms with van der Waals surface area (Å²) in [4.78, 5) is 10.5. The SMILES string of the molecule is CC.CC(=O)C1(CF)CC1. The van der Waals surface area contributed by atoms with Crippen molar-refractivity contribution in [1.29, 1.82) is 0 Å². The number of hydrogen-bond donors (Lipinski definition) is 0. The van der Waals surface area contributed by atoms with Gasteiger partial charge in [0.15, 0.2) is 0 Å². The third-order valence-corrected chi connectivity index (χ3v) is 1.86. The number of carbonyl (C=O) groups is 1. The maximum Gasteiger partial charge on any atom is 0.138 e. The van der Waals surface area contributed by atoms with Gasteiger partial charge in [0.25, 0.3) is 0 Å². The highest BCUT2D eigenvalue weighted by Crippen LogP contribution is 2.46. The molecule has 1 saturated carbocycles. The maximum absolute atomic E-state index is 11.9. The summed E-state index contributed by atoms with van der Waals surface area (Å²) in [5, 5.41) is 0. The van der Waals surface area contributed by atoms with Crippen LogP contribution in [0.25, 0.3) is 0 Å². The summed E-state index contributed by atoms with van der Waals surface area (Å²) >= 11 is 0. The molecule has 0 amide bonds. The number of alkyl halides is 1. The molecule has 0 unspecified atom stereocenters. The minimum atomic E-state index is -0.514. The molecule has 0 aromatic heterocycles. The molecule has 0 bridgehead atoms. The van der Waals surface area contributed by atoms with Crippen LogP contribution in [0.1, 0.15) is 33.6 Å². The van der Waals surface area contributed by atoms with E-state index in [1.165, 1.54) is 6.92 Å². The minimum absolute atomic E-state index is 0.0139. The molecule has 10 heavy (non-hydrogen) atoms. The van der Waals surface area contributed by atoms with E-state index in [1.54, 1.807) is 0 Å². The molecule has 0 aromatic carbocycles. The van der Waals surface area contributed by atoms with Crippen molar-refractivity contribution in [1.82, 2.24) is 0 Å². The second kappa shape index (κ2) is 3.69. The highest BCUT2D eigenvalue weighted by molar-refractivity contribution is 5.85. The van der Waals surface area contributed by atoms with Crippen molar-refractivity contribution in [3.8, 4) is 0 Å². The van der Waals surface area contributed by atoms with Gasteiger partial charge >= 0.3 is 0 Å². The Morgan fingerprint density at radius 3 is 1.90 bits per heavy atom. The van der Waals surface area contributed by atoms with E-state index in [2.05, 4.69) is 0 Å². The zero-order valence-electron chi connectivity index (χ0n) is 6.91. The zero-order valence-corrected chi connectivity index (χ0v) is 6.91. The largest absolute Gasteiger partial charge is 0.299 e. The quantitative estimate of drug-likeness (QED) is 0.584. The van der Waals surface area contributed by atoms with E-state index in [9.17, 15) is 9.18 Å². The fourth-order valence-electron chi connectivity index (χ4n) is 0.731. The third kappa shape index (κ3) is 1.79. The van der Waals surface area contributed by atoms with Gasteiger partial charge in [0.1, 0.15) is 12.5 Å². The Balaban J connectivity index is 0.000000371. The van der Waals surface area contributed by atoms with Gasteiger partial charge in [0.05, 0.1) is 5.41 Å². The van der Waals surface area contributed by atoms with E-state index in [0.717, 1.165) is 12.8 Å². The molecule has 2 heteroatoms.